The highest BCUT2D eigenvalue weighted by atomic mass is 16.1. The molecule has 0 amide bonds. The van der Waals surface area contributed by atoms with Gasteiger partial charge in [0.25, 0.3) is 0 Å². The molecule has 12 heavy (non-hydrogen) atoms. The molecule has 0 aliphatic carbocycles. The van der Waals surface area contributed by atoms with Crippen molar-refractivity contribution in [3.05, 3.63) is 24.2 Å². The molecule has 0 atom stereocenters. The summed E-state index contributed by atoms with van der Waals surface area (Å²) in [7, 11) is 0. The fourth-order valence-electron chi connectivity index (χ4n) is 1.27. The first-order valence-electron chi connectivity index (χ1n) is 3.85. The normalized spacial score (nSPS) is 10.8. The number of aldehydes is 1. The average Bonchev–Trinajstić information content (AvgIpc) is 2.61. The first-order valence-corrected chi connectivity index (χ1v) is 3.85. The molecule has 0 saturated carbocycles. The van der Waals surface area contributed by atoms with Crippen molar-refractivity contribution >= 4 is 11.9 Å². The second-order valence-corrected chi connectivity index (χ2v) is 2.57. The number of aromatic nitrogens is 3. The van der Waals surface area contributed by atoms with Gasteiger partial charge in [-0.2, -0.15) is 5.10 Å². The standard InChI is InChI=1S/C8H9N3O/c1-2-10-3-4-11-8(10)5-7(6-12)9-11/h3-6H,2H2,1H3. The van der Waals surface area contributed by atoms with Gasteiger partial charge in [-0.3, -0.25) is 4.79 Å². The molecule has 0 aromatic carbocycles. The summed E-state index contributed by atoms with van der Waals surface area (Å²) in [5.74, 6) is 0. The predicted octanol–water partition coefficient (Wildman–Crippen LogP) is 0.968. The molecule has 2 rings (SSSR count). The van der Waals surface area contributed by atoms with E-state index >= 15 is 0 Å². The van der Waals surface area contributed by atoms with E-state index in [9.17, 15) is 4.79 Å². The van der Waals surface area contributed by atoms with E-state index in [1.165, 1.54) is 0 Å². The van der Waals surface area contributed by atoms with Gasteiger partial charge >= 0.3 is 0 Å². The van der Waals surface area contributed by atoms with E-state index in [-0.39, 0.29) is 0 Å². The Labute approximate surface area is 69.4 Å². The number of fused-ring (bicyclic) bond motifs is 1. The molecule has 0 spiro atoms. The zero-order valence-electron chi connectivity index (χ0n) is 6.77. The van der Waals surface area contributed by atoms with Crippen LogP contribution in [0.2, 0.25) is 0 Å². The highest BCUT2D eigenvalue weighted by Gasteiger charge is 2.03. The second kappa shape index (κ2) is 2.48. The van der Waals surface area contributed by atoms with Crippen LogP contribution in [0, 0.1) is 0 Å². The summed E-state index contributed by atoms with van der Waals surface area (Å²) in [6, 6.07) is 1.77. The van der Waals surface area contributed by atoms with E-state index in [2.05, 4.69) is 5.10 Å². The summed E-state index contributed by atoms with van der Waals surface area (Å²) in [5, 5.41) is 4.03. The van der Waals surface area contributed by atoms with E-state index in [0.29, 0.717) is 5.69 Å². The van der Waals surface area contributed by atoms with Gasteiger partial charge in [0.2, 0.25) is 0 Å². The lowest BCUT2D eigenvalue weighted by Crippen LogP contribution is -1.90. The monoisotopic (exact) mass is 163 g/mol. The number of rotatable bonds is 2. The molecule has 2 aromatic heterocycles. The van der Waals surface area contributed by atoms with Crippen LogP contribution in [-0.4, -0.2) is 20.5 Å². The minimum atomic E-state index is 0.479. The number of nitrogens with zero attached hydrogens (tertiary/aromatic N) is 3. The first kappa shape index (κ1) is 7.09. The predicted molar refractivity (Wildman–Crippen MR) is 44.2 cm³/mol. The van der Waals surface area contributed by atoms with E-state index in [0.717, 1.165) is 18.5 Å². The van der Waals surface area contributed by atoms with E-state index in [1.54, 1.807) is 10.6 Å². The summed E-state index contributed by atoms with van der Waals surface area (Å²) < 4.78 is 3.73. The van der Waals surface area contributed by atoms with Crippen LogP contribution in [0.25, 0.3) is 5.65 Å². The molecule has 0 radical (unpaired) electrons. The maximum absolute atomic E-state index is 10.4. The molecule has 4 nitrogen and oxygen atoms in total. The van der Waals surface area contributed by atoms with Crippen molar-refractivity contribution in [2.75, 3.05) is 0 Å². The summed E-state index contributed by atoms with van der Waals surface area (Å²) in [6.45, 7) is 2.94. The van der Waals surface area contributed by atoms with Crippen molar-refractivity contribution in [1.29, 1.82) is 0 Å². The molecule has 0 aliphatic heterocycles. The molecule has 62 valence electrons. The SMILES string of the molecule is CCn1ccn2nc(C=O)cc12. The number of aryl methyl sites for hydroxylation is 1. The van der Waals surface area contributed by atoms with Crippen LogP contribution in [0.4, 0.5) is 0 Å². The molecular weight excluding hydrogens is 154 g/mol. The molecule has 0 saturated heterocycles. The van der Waals surface area contributed by atoms with Gasteiger partial charge in [0.1, 0.15) is 11.3 Å². The minimum Gasteiger partial charge on any atom is -0.332 e. The van der Waals surface area contributed by atoms with Crippen molar-refractivity contribution in [3.8, 4) is 0 Å². The molecule has 0 unspecified atom stereocenters. The maximum Gasteiger partial charge on any atom is 0.170 e. The van der Waals surface area contributed by atoms with Gasteiger partial charge in [0.15, 0.2) is 6.29 Å². The van der Waals surface area contributed by atoms with E-state index in [1.807, 2.05) is 23.9 Å². The molecule has 2 heterocycles. The zero-order valence-corrected chi connectivity index (χ0v) is 6.77. The van der Waals surface area contributed by atoms with Crippen LogP contribution in [0.1, 0.15) is 17.4 Å². The largest absolute Gasteiger partial charge is 0.332 e. The van der Waals surface area contributed by atoms with Crippen molar-refractivity contribution in [3.63, 3.8) is 0 Å². The number of hydrogen-bond donors (Lipinski definition) is 0. The van der Waals surface area contributed by atoms with Gasteiger partial charge in [-0.1, -0.05) is 0 Å². The summed E-state index contributed by atoms with van der Waals surface area (Å²) in [5.41, 5.74) is 1.44. The second-order valence-electron chi connectivity index (χ2n) is 2.57. The van der Waals surface area contributed by atoms with Crippen LogP contribution in [0.15, 0.2) is 18.5 Å². The molecule has 0 aliphatic rings. The molecule has 4 heteroatoms. The highest BCUT2D eigenvalue weighted by Crippen LogP contribution is 2.05. The Morgan fingerprint density at radius 1 is 1.58 bits per heavy atom. The number of hydrogen-bond acceptors (Lipinski definition) is 2. The molecule has 0 N–H and O–H groups in total. The third-order valence-corrected chi connectivity index (χ3v) is 1.88. The third-order valence-electron chi connectivity index (χ3n) is 1.88. The minimum absolute atomic E-state index is 0.479. The van der Waals surface area contributed by atoms with Crippen LogP contribution in [0.5, 0.6) is 0 Å². The number of imidazole rings is 1. The van der Waals surface area contributed by atoms with Crippen molar-refractivity contribution in [2.24, 2.45) is 0 Å². The van der Waals surface area contributed by atoms with E-state index in [4.69, 9.17) is 0 Å². The third kappa shape index (κ3) is 0.845. The Balaban J connectivity index is 2.68. The van der Waals surface area contributed by atoms with Gasteiger partial charge in [-0.15, -0.1) is 0 Å². The lowest BCUT2D eigenvalue weighted by Gasteiger charge is -1.93. The van der Waals surface area contributed by atoms with Gasteiger partial charge < -0.3 is 4.57 Å². The van der Waals surface area contributed by atoms with Gasteiger partial charge in [0.05, 0.1) is 0 Å². The smallest absolute Gasteiger partial charge is 0.170 e. The highest BCUT2D eigenvalue weighted by molar-refractivity contribution is 5.74. The molecule has 2 aromatic rings. The molecular formula is C8H9N3O. The van der Waals surface area contributed by atoms with Gasteiger partial charge in [-0.25, -0.2) is 4.52 Å². The lowest BCUT2D eigenvalue weighted by molar-refractivity contribution is 0.111. The maximum atomic E-state index is 10.4. The molecule has 0 fully saturated rings. The Hall–Kier alpha value is -1.58. The van der Waals surface area contributed by atoms with Crippen LogP contribution in [-0.2, 0) is 6.54 Å². The Morgan fingerprint density at radius 3 is 3.08 bits per heavy atom. The van der Waals surface area contributed by atoms with Gasteiger partial charge in [0, 0.05) is 25.0 Å². The fraction of sp³-hybridized carbons (Fsp3) is 0.250. The van der Waals surface area contributed by atoms with Crippen LogP contribution < -0.4 is 0 Å². The van der Waals surface area contributed by atoms with Gasteiger partial charge in [-0.05, 0) is 6.92 Å². The molecule has 0 bridgehead atoms. The number of carbonyl (C=O) groups excluding carboxylic acids is 1. The zero-order chi connectivity index (χ0) is 8.55. The Morgan fingerprint density at radius 2 is 2.42 bits per heavy atom. The lowest BCUT2D eigenvalue weighted by atomic mass is 10.5. The summed E-state index contributed by atoms with van der Waals surface area (Å²) in [6.07, 6.45) is 4.54. The van der Waals surface area contributed by atoms with E-state index < -0.39 is 0 Å². The van der Waals surface area contributed by atoms with Crippen molar-refractivity contribution in [2.45, 2.75) is 13.5 Å². The summed E-state index contributed by atoms with van der Waals surface area (Å²) in [4.78, 5) is 10.4. The van der Waals surface area contributed by atoms with Crippen molar-refractivity contribution < 1.29 is 4.79 Å². The Kier molecular flexibility index (Phi) is 1.46. The van der Waals surface area contributed by atoms with Crippen LogP contribution in [0.3, 0.4) is 0 Å². The summed E-state index contributed by atoms with van der Waals surface area (Å²) >= 11 is 0. The number of carbonyl (C=O) groups is 1. The fourth-order valence-corrected chi connectivity index (χ4v) is 1.27. The Bertz CT molecular complexity index is 413. The quantitative estimate of drug-likeness (QED) is 0.619. The van der Waals surface area contributed by atoms with Crippen molar-refractivity contribution in [1.82, 2.24) is 14.2 Å². The van der Waals surface area contributed by atoms with Crippen LogP contribution >= 0.6 is 0 Å². The topological polar surface area (TPSA) is 39.3 Å². The first-order chi connectivity index (χ1) is 5.85. The average molecular weight is 163 g/mol.